The number of ether oxygens (including phenoxy) is 1. The molecule has 45 heavy (non-hydrogen) atoms. The summed E-state index contributed by atoms with van der Waals surface area (Å²) in [6, 6.07) is 10.3. The lowest BCUT2D eigenvalue weighted by Gasteiger charge is -2.35. The zero-order chi connectivity index (χ0) is 30.3. The molecule has 0 spiro atoms. The van der Waals surface area contributed by atoms with E-state index in [9.17, 15) is 5.11 Å². The van der Waals surface area contributed by atoms with Crippen molar-refractivity contribution in [2.24, 2.45) is 5.92 Å². The molecule has 0 amide bonds. The van der Waals surface area contributed by atoms with Crippen molar-refractivity contribution in [3.8, 4) is 35.4 Å². The van der Waals surface area contributed by atoms with Gasteiger partial charge < -0.3 is 20.1 Å². The number of pyridine rings is 1. The Bertz CT molecular complexity index is 1880. The van der Waals surface area contributed by atoms with Crippen LogP contribution in [0.15, 0.2) is 36.5 Å². The van der Waals surface area contributed by atoms with Gasteiger partial charge in [0.1, 0.15) is 29.4 Å². The molecule has 5 aliphatic rings. The fourth-order valence-corrected chi connectivity index (χ4v) is 9.47. The van der Waals surface area contributed by atoms with Gasteiger partial charge in [0, 0.05) is 53.9 Å². The predicted octanol–water partition coefficient (Wildman–Crippen LogP) is 5.40. The summed E-state index contributed by atoms with van der Waals surface area (Å²) in [6.45, 7) is 3.21. The Morgan fingerprint density at radius 1 is 1.11 bits per heavy atom. The summed E-state index contributed by atoms with van der Waals surface area (Å²) in [6.07, 6.45) is 17.1. The van der Waals surface area contributed by atoms with Crippen LogP contribution < -0.4 is 15.0 Å². The van der Waals surface area contributed by atoms with Gasteiger partial charge in [-0.2, -0.15) is 9.97 Å². The molecule has 4 aromatic rings. The molecule has 6 heterocycles. The van der Waals surface area contributed by atoms with E-state index in [1.54, 1.807) is 12.3 Å². The normalized spacial score (nSPS) is 28.9. The second-order valence-electron chi connectivity index (χ2n) is 13.9. The van der Waals surface area contributed by atoms with E-state index in [1.165, 1.54) is 31.7 Å². The number of nitrogens with one attached hydrogen (secondary N) is 1. The maximum atomic E-state index is 16.9. The van der Waals surface area contributed by atoms with Crippen molar-refractivity contribution < 1.29 is 14.2 Å². The molecule has 2 bridgehead atoms. The molecular weight excluding hydrogens is 567 g/mol. The first-order chi connectivity index (χ1) is 22.0. The fraction of sp³-hybridized carbons (Fsp3) is 0.472. The number of hydrogen-bond acceptors (Lipinski definition) is 8. The summed E-state index contributed by atoms with van der Waals surface area (Å²) >= 11 is 0. The van der Waals surface area contributed by atoms with E-state index in [2.05, 4.69) is 26.0 Å². The van der Waals surface area contributed by atoms with Gasteiger partial charge in [-0.25, -0.2) is 4.39 Å². The number of terminal acetylenes is 1. The minimum atomic E-state index is -0.575. The van der Waals surface area contributed by atoms with Gasteiger partial charge in [0.25, 0.3) is 0 Å². The summed E-state index contributed by atoms with van der Waals surface area (Å²) in [5, 5.41) is 16.2. The molecule has 0 radical (unpaired) electrons. The van der Waals surface area contributed by atoms with Crippen LogP contribution >= 0.6 is 0 Å². The van der Waals surface area contributed by atoms with E-state index < -0.39 is 5.82 Å². The predicted molar refractivity (Wildman–Crippen MR) is 172 cm³/mol. The van der Waals surface area contributed by atoms with Crippen LogP contribution in [-0.4, -0.2) is 74.9 Å². The van der Waals surface area contributed by atoms with Gasteiger partial charge in [0.05, 0.1) is 10.9 Å². The van der Waals surface area contributed by atoms with Crippen molar-refractivity contribution in [1.29, 1.82) is 0 Å². The molecule has 2 aromatic heterocycles. The van der Waals surface area contributed by atoms with Crippen molar-refractivity contribution in [2.45, 2.75) is 75.0 Å². The lowest BCUT2D eigenvalue weighted by molar-refractivity contribution is 0.0832. The Morgan fingerprint density at radius 3 is 2.82 bits per heavy atom. The third-order valence-electron chi connectivity index (χ3n) is 11.3. The Labute approximate surface area is 262 Å². The van der Waals surface area contributed by atoms with Gasteiger partial charge in [-0.3, -0.25) is 9.88 Å². The van der Waals surface area contributed by atoms with Crippen LogP contribution in [0.1, 0.15) is 56.9 Å². The SMILES string of the molecule is C#Cc1cccc2cc(O)cc(-c3ncc4c(N5CC6CCC(C5)N6)nc(OCC56CCCN5C5CCCC5C6)nc4c3F)c12. The van der Waals surface area contributed by atoms with E-state index >= 15 is 4.39 Å². The number of aromatic nitrogens is 3. The Morgan fingerprint density at radius 2 is 1.98 bits per heavy atom. The van der Waals surface area contributed by atoms with Crippen molar-refractivity contribution in [3.63, 3.8) is 0 Å². The number of nitrogens with zero attached hydrogens (tertiary/aromatic N) is 5. The van der Waals surface area contributed by atoms with Crippen LogP contribution in [-0.2, 0) is 0 Å². The molecule has 5 unspecified atom stereocenters. The minimum Gasteiger partial charge on any atom is -0.508 e. The van der Waals surface area contributed by atoms with Gasteiger partial charge >= 0.3 is 6.01 Å². The molecule has 1 saturated carbocycles. The topological polar surface area (TPSA) is 86.6 Å². The zero-order valence-corrected chi connectivity index (χ0v) is 25.3. The smallest absolute Gasteiger partial charge is 0.319 e. The standard InChI is InChI=1S/C36H37FN6O2/c1-2-21-6-3-7-22-14-26(44)15-27(30(21)22)32-31(37)33-28(17-38-32)34(42-18-24-10-11-25(19-42)39-24)41-35(40-33)45-20-36-12-5-13-43(36)29-9-4-8-23(29)16-36/h1,3,6-7,14-15,17,23-25,29,39,44H,4-5,8-13,16,18-20H2. The van der Waals surface area contributed by atoms with Gasteiger partial charge in [0.2, 0.25) is 0 Å². The van der Waals surface area contributed by atoms with Crippen molar-refractivity contribution >= 4 is 27.5 Å². The van der Waals surface area contributed by atoms with Crippen LogP contribution in [0, 0.1) is 24.1 Å². The number of piperazine rings is 1. The molecule has 9 heteroatoms. The number of benzene rings is 2. The molecule has 2 N–H and O–H groups in total. The van der Waals surface area contributed by atoms with Gasteiger partial charge in [0.15, 0.2) is 5.82 Å². The van der Waals surface area contributed by atoms with E-state index in [0.29, 0.717) is 57.8 Å². The van der Waals surface area contributed by atoms with Crippen molar-refractivity contribution in [1.82, 2.24) is 25.2 Å². The number of rotatable bonds is 5. The lowest BCUT2D eigenvalue weighted by Crippen LogP contribution is -2.51. The highest BCUT2D eigenvalue weighted by atomic mass is 19.1. The zero-order valence-electron chi connectivity index (χ0n) is 25.3. The van der Waals surface area contributed by atoms with Gasteiger partial charge in [-0.05, 0) is 81.0 Å². The highest BCUT2D eigenvalue weighted by Crippen LogP contribution is 2.51. The second-order valence-corrected chi connectivity index (χ2v) is 13.9. The molecule has 4 aliphatic heterocycles. The Balaban J connectivity index is 1.16. The average molecular weight is 605 g/mol. The Kier molecular flexibility index (Phi) is 6.23. The van der Waals surface area contributed by atoms with Crippen LogP contribution in [0.3, 0.4) is 0 Å². The van der Waals surface area contributed by atoms with E-state index in [0.717, 1.165) is 51.2 Å². The first-order valence-corrected chi connectivity index (χ1v) is 16.5. The molecule has 4 saturated heterocycles. The van der Waals surface area contributed by atoms with E-state index in [-0.39, 0.29) is 28.5 Å². The summed E-state index contributed by atoms with van der Waals surface area (Å²) in [4.78, 5) is 19.3. The number of hydrogen-bond donors (Lipinski definition) is 2. The van der Waals surface area contributed by atoms with Crippen molar-refractivity contribution in [3.05, 3.63) is 47.9 Å². The summed E-state index contributed by atoms with van der Waals surface area (Å²) in [5.74, 6) is 3.56. The third kappa shape index (κ3) is 4.29. The maximum absolute atomic E-state index is 16.9. The molecular formula is C36H37FN6O2. The number of phenols is 1. The van der Waals surface area contributed by atoms with Crippen LogP contribution in [0.4, 0.5) is 10.2 Å². The number of phenolic OH excluding ortho intramolecular Hbond substituents is 1. The van der Waals surface area contributed by atoms with Gasteiger partial charge in [-0.1, -0.05) is 24.5 Å². The fourth-order valence-electron chi connectivity index (χ4n) is 9.47. The molecule has 1 aliphatic carbocycles. The lowest BCUT2D eigenvalue weighted by atomic mass is 9.90. The molecule has 5 fully saturated rings. The molecule has 5 atom stereocenters. The number of halogens is 1. The highest BCUT2D eigenvalue weighted by Gasteiger charge is 2.55. The minimum absolute atomic E-state index is 0.0104. The summed E-state index contributed by atoms with van der Waals surface area (Å²) in [7, 11) is 0. The molecule has 9 rings (SSSR count). The third-order valence-corrected chi connectivity index (χ3v) is 11.3. The largest absolute Gasteiger partial charge is 0.508 e. The monoisotopic (exact) mass is 604 g/mol. The molecule has 8 nitrogen and oxygen atoms in total. The highest BCUT2D eigenvalue weighted by molar-refractivity contribution is 6.02. The first kappa shape index (κ1) is 27.3. The summed E-state index contributed by atoms with van der Waals surface area (Å²) in [5.41, 5.74) is 1.31. The molecule has 2 aromatic carbocycles. The Hall–Kier alpha value is -4.00. The molecule has 230 valence electrons. The van der Waals surface area contributed by atoms with Crippen LogP contribution in [0.5, 0.6) is 11.8 Å². The van der Waals surface area contributed by atoms with E-state index in [1.807, 2.05) is 18.2 Å². The van der Waals surface area contributed by atoms with Crippen molar-refractivity contribution in [2.75, 3.05) is 31.1 Å². The first-order valence-electron chi connectivity index (χ1n) is 16.5. The quantitative estimate of drug-likeness (QED) is 0.293. The number of fused-ring (bicyclic) bond motifs is 7. The summed E-state index contributed by atoms with van der Waals surface area (Å²) < 4.78 is 23.4. The maximum Gasteiger partial charge on any atom is 0.319 e. The van der Waals surface area contributed by atoms with Gasteiger partial charge in [-0.15, -0.1) is 6.42 Å². The average Bonchev–Trinajstić information content (AvgIpc) is 3.81. The number of anilines is 1. The van der Waals surface area contributed by atoms with E-state index in [4.69, 9.17) is 21.1 Å². The number of aromatic hydroxyl groups is 1. The van der Waals surface area contributed by atoms with Crippen LogP contribution in [0.2, 0.25) is 0 Å². The second kappa shape index (κ2) is 10.3. The van der Waals surface area contributed by atoms with Crippen LogP contribution in [0.25, 0.3) is 32.9 Å².